The van der Waals surface area contributed by atoms with E-state index in [9.17, 15) is 24.8 Å². The van der Waals surface area contributed by atoms with Crippen molar-refractivity contribution in [3.63, 3.8) is 0 Å². The SMILES string of the molecule is COc1cccc(/C(O)=C2\C(=O)C(=O)N(CCCN3CCOCC3)C2c2cccc([N+](=O)[O-])c2)c1. The van der Waals surface area contributed by atoms with Crippen molar-refractivity contribution < 1.29 is 29.1 Å². The second-order valence-corrected chi connectivity index (χ2v) is 8.38. The Hall–Kier alpha value is -3.76. The largest absolute Gasteiger partial charge is 0.507 e. The van der Waals surface area contributed by atoms with E-state index in [2.05, 4.69) is 4.90 Å². The number of nitro groups is 1. The van der Waals surface area contributed by atoms with E-state index in [1.165, 1.54) is 30.2 Å². The number of methoxy groups -OCH3 is 1. The number of likely N-dealkylation sites (tertiary alicyclic amines) is 1. The van der Waals surface area contributed by atoms with E-state index in [1.807, 2.05) is 0 Å². The van der Waals surface area contributed by atoms with Crippen LogP contribution in [-0.4, -0.2) is 78.0 Å². The minimum atomic E-state index is -0.953. The van der Waals surface area contributed by atoms with Gasteiger partial charge in [0.1, 0.15) is 11.5 Å². The number of nitrogens with zero attached hydrogens (tertiary/aromatic N) is 3. The Morgan fingerprint density at radius 3 is 2.60 bits per heavy atom. The van der Waals surface area contributed by atoms with Gasteiger partial charge in [-0.3, -0.25) is 24.6 Å². The van der Waals surface area contributed by atoms with Crippen LogP contribution in [0.3, 0.4) is 0 Å². The van der Waals surface area contributed by atoms with Crippen LogP contribution in [0.5, 0.6) is 5.75 Å². The van der Waals surface area contributed by atoms with Gasteiger partial charge in [-0.05, 0) is 24.1 Å². The molecule has 0 aliphatic carbocycles. The lowest BCUT2D eigenvalue weighted by Crippen LogP contribution is -2.39. The average Bonchev–Trinajstić information content (AvgIpc) is 3.14. The number of carbonyl (C=O) groups excluding carboxylic acids is 2. The molecular weight excluding hydrogens is 454 g/mol. The molecule has 1 atom stereocenters. The summed E-state index contributed by atoms with van der Waals surface area (Å²) >= 11 is 0. The molecule has 10 heteroatoms. The monoisotopic (exact) mass is 481 g/mol. The van der Waals surface area contributed by atoms with Gasteiger partial charge in [0.25, 0.3) is 17.4 Å². The van der Waals surface area contributed by atoms with E-state index in [0.29, 0.717) is 43.1 Å². The molecule has 2 aliphatic heterocycles. The summed E-state index contributed by atoms with van der Waals surface area (Å²) in [6, 6.07) is 11.4. The lowest BCUT2D eigenvalue weighted by molar-refractivity contribution is -0.384. The Balaban J connectivity index is 1.72. The van der Waals surface area contributed by atoms with Crippen LogP contribution in [0.25, 0.3) is 5.76 Å². The lowest BCUT2D eigenvalue weighted by Gasteiger charge is -2.29. The molecule has 0 radical (unpaired) electrons. The molecular formula is C25H27N3O7. The Labute approximate surface area is 202 Å². The number of amides is 1. The number of ketones is 1. The van der Waals surface area contributed by atoms with Gasteiger partial charge in [-0.2, -0.15) is 0 Å². The van der Waals surface area contributed by atoms with Crippen LogP contribution in [0.2, 0.25) is 0 Å². The van der Waals surface area contributed by atoms with Gasteiger partial charge in [-0.25, -0.2) is 0 Å². The van der Waals surface area contributed by atoms with Crippen molar-refractivity contribution in [1.29, 1.82) is 0 Å². The van der Waals surface area contributed by atoms with Crippen LogP contribution in [0.1, 0.15) is 23.6 Å². The van der Waals surface area contributed by atoms with E-state index >= 15 is 0 Å². The Morgan fingerprint density at radius 1 is 1.14 bits per heavy atom. The summed E-state index contributed by atoms with van der Waals surface area (Å²) in [6.45, 7) is 3.86. The van der Waals surface area contributed by atoms with Gasteiger partial charge in [0.2, 0.25) is 0 Å². The van der Waals surface area contributed by atoms with Gasteiger partial charge >= 0.3 is 0 Å². The minimum absolute atomic E-state index is 0.102. The molecule has 4 rings (SSSR count). The third kappa shape index (κ3) is 5.18. The number of non-ortho nitro benzene ring substituents is 1. The number of morpholine rings is 1. The van der Waals surface area contributed by atoms with Gasteiger partial charge in [0.15, 0.2) is 0 Å². The molecule has 0 aromatic heterocycles. The molecule has 0 bridgehead atoms. The minimum Gasteiger partial charge on any atom is -0.507 e. The van der Waals surface area contributed by atoms with Crippen molar-refractivity contribution in [2.45, 2.75) is 12.5 Å². The number of aliphatic hydroxyl groups is 1. The van der Waals surface area contributed by atoms with Crippen molar-refractivity contribution in [1.82, 2.24) is 9.80 Å². The first-order valence-electron chi connectivity index (χ1n) is 11.4. The summed E-state index contributed by atoms with van der Waals surface area (Å²) in [7, 11) is 1.48. The highest BCUT2D eigenvalue weighted by Crippen LogP contribution is 2.40. The highest BCUT2D eigenvalue weighted by atomic mass is 16.6. The van der Waals surface area contributed by atoms with Crippen LogP contribution in [0.15, 0.2) is 54.1 Å². The molecule has 2 saturated heterocycles. The normalized spacial score (nSPS) is 20.3. The molecule has 10 nitrogen and oxygen atoms in total. The van der Waals surface area contributed by atoms with Gasteiger partial charge in [-0.1, -0.05) is 24.3 Å². The van der Waals surface area contributed by atoms with Gasteiger partial charge in [0.05, 0.1) is 36.9 Å². The molecule has 2 fully saturated rings. The van der Waals surface area contributed by atoms with Crippen LogP contribution in [0.4, 0.5) is 5.69 Å². The predicted molar refractivity (Wildman–Crippen MR) is 127 cm³/mol. The molecule has 2 aromatic rings. The molecule has 2 aromatic carbocycles. The molecule has 2 aliphatic rings. The van der Waals surface area contributed by atoms with Gasteiger partial charge < -0.3 is 19.5 Å². The van der Waals surface area contributed by atoms with Crippen molar-refractivity contribution in [2.24, 2.45) is 0 Å². The molecule has 1 N–H and O–H groups in total. The van der Waals surface area contributed by atoms with E-state index in [-0.39, 0.29) is 23.6 Å². The second-order valence-electron chi connectivity index (χ2n) is 8.38. The summed E-state index contributed by atoms with van der Waals surface area (Å²) in [5.41, 5.74) is 0.429. The Kier molecular flexibility index (Phi) is 7.42. The fourth-order valence-electron chi connectivity index (χ4n) is 4.48. The second kappa shape index (κ2) is 10.7. The molecule has 2 heterocycles. The standard InChI is InChI=1S/C25H27N3O7/c1-34-20-8-3-6-18(16-20)23(29)21-22(17-5-2-7-19(15-17)28(32)33)27(25(31)24(21)30)10-4-9-26-11-13-35-14-12-26/h2-3,5-8,15-16,22,29H,4,9-14H2,1H3/b23-21+. The number of Topliss-reactive ketones (excluding diaryl/α,β-unsaturated/α-hetero) is 1. The zero-order chi connectivity index (χ0) is 24.9. The molecule has 184 valence electrons. The highest BCUT2D eigenvalue weighted by molar-refractivity contribution is 6.46. The Morgan fingerprint density at radius 2 is 1.89 bits per heavy atom. The summed E-state index contributed by atoms with van der Waals surface area (Å²) in [5, 5.41) is 22.6. The number of hydrogen-bond donors (Lipinski definition) is 1. The topological polar surface area (TPSA) is 122 Å². The summed E-state index contributed by atoms with van der Waals surface area (Å²) < 4.78 is 10.6. The van der Waals surface area contributed by atoms with Crippen LogP contribution < -0.4 is 4.74 Å². The van der Waals surface area contributed by atoms with Crippen molar-refractivity contribution >= 4 is 23.1 Å². The van der Waals surface area contributed by atoms with Gasteiger partial charge in [0, 0.05) is 43.9 Å². The smallest absolute Gasteiger partial charge is 0.295 e. The Bertz CT molecular complexity index is 1160. The predicted octanol–water partition coefficient (Wildman–Crippen LogP) is 2.75. The summed E-state index contributed by atoms with van der Waals surface area (Å²) in [5.74, 6) is -1.45. The lowest BCUT2D eigenvalue weighted by atomic mass is 9.95. The number of aliphatic hydroxyl groups excluding tert-OH is 1. The zero-order valence-electron chi connectivity index (χ0n) is 19.4. The number of benzene rings is 2. The fraction of sp³-hybridized carbons (Fsp3) is 0.360. The number of hydrogen-bond acceptors (Lipinski definition) is 8. The first-order chi connectivity index (χ1) is 16.9. The first kappa shape index (κ1) is 24.4. The maximum absolute atomic E-state index is 13.2. The van der Waals surface area contributed by atoms with Crippen LogP contribution >= 0.6 is 0 Å². The quantitative estimate of drug-likeness (QED) is 0.201. The average molecular weight is 482 g/mol. The molecule has 35 heavy (non-hydrogen) atoms. The molecule has 0 spiro atoms. The van der Waals surface area contributed by atoms with E-state index in [0.717, 1.165) is 13.1 Å². The maximum atomic E-state index is 13.2. The van der Waals surface area contributed by atoms with Crippen LogP contribution in [-0.2, 0) is 14.3 Å². The number of rotatable bonds is 8. The maximum Gasteiger partial charge on any atom is 0.295 e. The van der Waals surface area contributed by atoms with E-state index in [1.54, 1.807) is 30.3 Å². The van der Waals surface area contributed by atoms with E-state index < -0.39 is 22.7 Å². The fourth-order valence-corrected chi connectivity index (χ4v) is 4.48. The van der Waals surface area contributed by atoms with Crippen molar-refractivity contribution in [2.75, 3.05) is 46.5 Å². The summed E-state index contributed by atoms with van der Waals surface area (Å²) in [4.78, 5) is 40.7. The molecule has 1 amide bonds. The zero-order valence-corrected chi connectivity index (χ0v) is 19.4. The third-order valence-electron chi connectivity index (χ3n) is 6.26. The first-order valence-corrected chi connectivity index (χ1v) is 11.4. The van der Waals surface area contributed by atoms with E-state index in [4.69, 9.17) is 9.47 Å². The van der Waals surface area contributed by atoms with Crippen molar-refractivity contribution in [3.05, 3.63) is 75.3 Å². The highest BCUT2D eigenvalue weighted by Gasteiger charge is 2.46. The number of ether oxygens (including phenoxy) is 2. The number of carbonyl (C=O) groups is 2. The van der Waals surface area contributed by atoms with Gasteiger partial charge in [-0.15, -0.1) is 0 Å². The van der Waals surface area contributed by atoms with Crippen LogP contribution in [0, 0.1) is 10.1 Å². The van der Waals surface area contributed by atoms with Crippen molar-refractivity contribution in [3.8, 4) is 5.75 Å². The number of nitro benzene ring substituents is 1. The summed E-state index contributed by atoms with van der Waals surface area (Å²) in [6.07, 6.45) is 0.595. The molecule has 0 saturated carbocycles. The molecule has 1 unspecified atom stereocenters. The third-order valence-corrected chi connectivity index (χ3v) is 6.26.